The van der Waals surface area contributed by atoms with Crippen molar-refractivity contribution in [3.05, 3.63) is 0 Å². The Kier molecular flexibility index (Phi) is 8.06. The summed E-state index contributed by atoms with van der Waals surface area (Å²) in [6.45, 7) is 8.12. The maximum Gasteiger partial charge on any atom is 0.389 e. The maximum atomic E-state index is 12.3. The Balaban J connectivity index is 4.70. The molecule has 2 unspecified atom stereocenters. The zero-order valence-electron chi connectivity index (χ0n) is 13.4. The van der Waals surface area contributed by atoms with E-state index in [4.69, 9.17) is 5.73 Å². The SMILES string of the molecule is CCN(C(C)CN(C)C)C(C)(CN)CCCC(F)(F)F. The highest BCUT2D eigenvalue weighted by atomic mass is 19.4. The van der Waals surface area contributed by atoms with Crippen LogP contribution in [0, 0.1) is 0 Å². The normalized spacial score (nSPS) is 17.6. The summed E-state index contributed by atoms with van der Waals surface area (Å²) in [7, 11) is 3.99. The van der Waals surface area contributed by atoms with Crippen LogP contribution in [-0.2, 0) is 0 Å². The van der Waals surface area contributed by atoms with Gasteiger partial charge in [-0.25, -0.2) is 0 Å². The van der Waals surface area contributed by atoms with E-state index in [0.29, 0.717) is 13.0 Å². The summed E-state index contributed by atoms with van der Waals surface area (Å²) < 4.78 is 36.9. The van der Waals surface area contributed by atoms with E-state index >= 15 is 0 Å². The predicted molar refractivity (Wildman–Crippen MR) is 77.8 cm³/mol. The van der Waals surface area contributed by atoms with E-state index in [9.17, 15) is 13.2 Å². The molecule has 122 valence electrons. The standard InChI is InChI=1S/C14H30F3N3/c1-6-20(12(2)10-19(4)5)13(3,11-18)8-7-9-14(15,16)17/h12H,6-11,18H2,1-5H3. The highest BCUT2D eigenvalue weighted by molar-refractivity contribution is 4.90. The van der Waals surface area contributed by atoms with Crippen LogP contribution in [0.25, 0.3) is 0 Å². The van der Waals surface area contributed by atoms with Gasteiger partial charge < -0.3 is 10.6 Å². The molecule has 0 aromatic heterocycles. The van der Waals surface area contributed by atoms with Crippen molar-refractivity contribution >= 4 is 0 Å². The number of likely N-dealkylation sites (N-methyl/N-ethyl adjacent to an activating group) is 2. The second kappa shape index (κ2) is 8.20. The largest absolute Gasteiger partial charge is 0.389 e. The quantitative estimate of drug-likeness (QED) is 0.710. The van der Waals surface area contributed by atoms with Gasteiger partial charge in [-0.3, -0.25) is 4.90 Å². The smallest absolute Gasteiger partial charge is 0.329 e. The van der Waals surface area contributed by atoms with E-state index in [1.807, 2.05) is 27.9 Å². The molecule has 0 aliphatic rings. The molecule has 2 N–H and O–H groups in total. The van der Waals surface area contributed by atoms with Crippen LogP contribution in [0.2, 0.25) is 0 Å². The molecule has 0 aromatic rings. The van der Waals surface area contributed by atoms with Crippen molar-refractivity contribution < 1.29 is 13.2 Å². The Hall–Kier alpha value is -0.330. The fraction of sp³-hybridized carbons (Fsp3) is 1.00. The molecule has 6 heteroatoms. The topological polar surface area (TPSA) is 32.5 Å². The van der Waals surface area contributed by atoms with Gasteiger partial charge in [-0.2, -0.15) is 13.2 Å². The maximum absolute atomic E-state index is 12.3. The van der Waals surface area contributed by atoms with Gasteiger partial charge in [0, 0.05) is 31.1 Å². The van der Waals surface area contributed by atoms with Crippen molar-refractivity contribution in [2.45, 2.75) is 57.8 Å². The number of halogens is 3. The minimum Gasteiger partial charge on any atom is -0.329 e. The van der Waals surface area contributed by atoms with Crippen LogP contribution >= 0.6 is 0 Å². The first-order chi connectivity index (χ1) is 9.05. The van der Waals surface area contributed by atoms with Crippen LogP contribution in [-0.4, -0.2) is 61.3 Å². The van der Waals surface area contributed by atoms with Gasteiger partial charge in [-0.05, 0) is 47.3 Å². The number of rotatable bonds is 9. The molecule has 0 fully saturated rings. The molecule has 0 saturated heterocycles. The lowest BCUT2D eigenvalue weighted by molar-refractivity contribution is -0.137. The van der Waals surface area contributed by atoms with Gasteiger partial charge in [-0.15, -0.1) is 0 Å². The molecular formula is C14H30F3N3. The summed E-state index contributed by atoms with van der Waals surface area (Å²) in [6, 6.07) is 0.259. The molecule has 0 radical (unpaired) electrons. The molecule has 3 nitrogen and oxygen atoms in total. The lowest BCUT2D eigenvalue weighted by atomic mass is 9.91. The van der Waals surface area contributed by atoms with Gasteiger partial charge in [0.2, 0.25) is 0 Å². The Morgan fingerprint density at radius 2 is 1.70 bits per heavy atom. The van der Waals surface area contributed by atoms with Gasteiger partial charge in [-0.1, -0.05) is 6.92 Å². The summed E-state index contributed by atoms with van der Waals surface area (Å²) in [6.07, 6.45) is -4.22. The molecule has 0 rings (SSSR count). The van der Waals surface area contributed by atoms with Crippen molar-refractivity contribution in [2.75, 3.05) is 33.7 Å². The Labute approximate surface area is 121 Å². The Morgan fingerprint density at radius 1 is 1.15 bits per heavy atom. The van der Waals surface area contributed by atoms with Gasteiger partial charge in [0.1, 0.15) is 0 Å². The molecule has 0 heterocycles. The molecule has 20 heavy (non-hydrogen) atoms. The first-order valence-corrected chi connectivity index (χ1v) is 7.24. The molecule has 0 aromatic carbocycles. The highest BCUT2D eigenvalue weighted by Crippen LogP contribution is 2.28. The van der Waals surface area contributed by atoms with Crippen LogP contribution in [0.3, 0.4) is 0 Å². The lowest BCUT2D eigenvalue weighted by Gasteiger charge is -2.45. The van der Waals surface area contributed by atoms with Gasteiger partial charge in [0.15, 0.2) is 0 Å². The second-order valence-electron chi connectivity index (χ2n) is 6.07. The monoisotopic (exact) mass is 297 g/mol. The number of nitrogens with zero attached hydrogens (tertiary/aromatic N) is 2. The molecule has 0 spiro atoms. The molecule has 0 aliphatic carbocycles. The summed E-state index contributed by atoms with van der Waals surface area (Å²) in [5.74, 6) is 0. The van der Waals surface area contributed by atoms with Crippen molar-refractivity contribution in [1.29, 1.82) is 0 Å². The zero-order chi connectivity index (χ0) is 16.0. The fourth-order valence-electron chi connectivity index (χ4n) is 2.89. The molecule has 0 amide bonds. The molecular weight excluding hydrogens is 267 g/mol. The average Bonchev–Trinajstić information content (AvgIpc) is 2.26. The van der Waals surface area contributed by atoms with E-state index < -0.39 is 12.6 Å². The number of hydrogen-bond donors (Lipinski definition) is 1. The van der Waals surface area contributed by atoms with Crippen LogP contribution in [0.5, 0.6) is 0 Å². The highest BCUT2D eigenvalue weighted by Gasteiger charge is 2.34. The summed E-state index contributed by atoms with van der Waals surface area (Å²) >= 11 is 0. The average molecular weight is 297 g/mol. The van der Waals surface area contributed by atoms with E-state index in [2.05, 4.69) is 16.7 Å². The summed E-state index contributed by atoms with van der Waals surface area (Å²) in [5, 5.41) is 0. The molecule has 2 atom stereocenters. The van der Waals surface area contributed by atoms with E-state index in [1.165, 1.54) is 0 Å². The predicted octanol–water partition coefficient (Wildman–Crippen LogP) is 2.71. The van der Waals surface area contributed by atoms with Crippen LogP contribution < -0.4 is 5.73 Å². The number of nitrogens with two attached hydrogens (primary N) is 1. The number of hydrogen-bond acceptors (Lipinski definition) is 3. The van der Waals surface area contributed by atoms with Crippen molar-refractivity contribution in [1.82, 2.24) is 9.80 Å². The third kappa shape index (κ3) is 6.90. The van der Waals surface area contributed by atoms with Crippen molar-refractivity contribution in [3.8, 4) is 0 Å². The minimum absolute atomic E-state index is 0.127. The first kappa shape index (κ1) is 19.7. The molecule has 0 aliphatic heterocycles. The van der Waals surface area contributed by atoms with Crippen LogP contribution in [0.1, 0.15) is 40.0 Å². The van der Waals surface area contributed by atoms with Gasteiger partial charge in [0.05, 0.1) is 0 Å². The number of alkyl halides is 3. The molecule has 0 bridgehead atoms. The lowest BCUT2D eigenvalue weighted by Crippen LogP contribution is -2.57. The Bertz CT molecular complexity index is 269. The van der Waals surface area contributed by atoms with E-state index in [1.54, 1.807) is 0 Å². The van der Waals surface area contributed by atoms with Gasteiger partial charge in [0.25, 0.3) is 0 Å². The van der Waals surface area contributed by atoms with E-state index in [-0.39, 0.29) is 18.0 Å². The van der Waals surface area contributed by atoms with E-state index in [0.717, 1.165) is 13.1 Å². The van der Waals surface area contributed by atoms with Gasteiger partial charge >= 0.3 is 6.18 Å². The second-order valence-corrected chi connectivity index (χ2v) is 6.07. The third-order valence-electron chi connectivity index (χ3n) is 3.81. The fourth-order valence-corrected chi connectivity index (χ4v) is 2.89. The molecule has 0 saturated carbocycles. The zero-order valence-corrected chi connectivity index (χ0v) is 13.4. The minimum atomic E-state index is -4.08. The van der Waals surface area contributed by atoms with Crippen LogP contribution in [0.4, 0.5) is 13.2 Å². The van der Waals surface area contributed by atoms with Crippen molar-refractivity contribution in [2.24, 2.45) is 5.73 Å². The van der Waals surface area contributed by atoms with Crippen LogP contribution in [0.15, 0.2) is 0 Å². The first-order valence-electron chi connectivity index (χ1n) is 7.24. The third-order valence-corrected chi connectivity index (χ3v) is 3.81. The van der Waals surface area contributed by atoms with Crippen molar-refractivity contribution in [3.63, 3.8) is 0 Å². The summed E-state index contributed by atoms with van der Waals surface area (Å²) in [5.41, 5.74) is 5.49. The Morgan fingerprint density at radius 3 is 2.05 bits per heavy atom. The summed E-state index contributed by atoms with van der Waals surface area (Å²) in [4.78, 5) is 4.31.